The third-order valence-corrected chi connectivity index (χ3v) is 0. The first-order valence-electron chi connectivity index (χ1n) is 2.74. The van der Waals surface area contributed by atoms with E-state index in [1.54, 1.807) is 0 Å². The molecular weight excluding hydrogens is 583 g/mol. The van der Waals surface area contributed by atoms with E-state index in [2.05, 4.69) is 0 Å². The summed E-state index contributed by atoms with van der Waals surface area (Å²) in [6.07, 6.45) is 0. The molecule has 0 fully saturated rings. The smallest absolute Gasteiger partial charge is 0.356 e. The molecule has 0 aliphatic carbocycles. The monoisotopic (exact) mass is 582 g/mol. The van der Waals surface area contributed by atoms with E-state index in [9.17, 15) is 0 Å². The standard InChI is InChI=1S/Bi.Cu.5NO3/c;;5*2-1(3)4/q+3;+2;5*-1. The summed E-state index contributed by atoms with van der Waals surface area (Å²) < 4.78 is 0. The first kappa shape index (κ1) is 42.7. The van der Waals surface area contributed by atoms with E-state index in [-0.39, 0.29) is 43.3 Å². The van der Waals surface area contributed by atoms with Gasteiger partial charge in [0.05, 0.1) is 25.4 Å². The molecule has 0 N–H and O–H groups in total. The molecule has 0 amide bonds. The molecule has 0 bridgehead atoms. The molecule has 0 saturated heterocycles. The Bertz CT molecular complexity index is 213. The zero-order valence-corrected chi connectivity index (χ0v) is 13.5. The second-order valence-electron chi connectivity index (χ2n) is 1.12. The average molecular weight is 583 g/mol. The maximum atomic E-state index is 8.25. The van der Waals surface area contributed by atoms with Crippen molar-refractivity contribution in [3.8, 4) is 0 Å². The van der Waals surface area contributed by atoms with Crippen molar-refractivity contribution < 1.29 is 42.5 Å². The minimum Gasteiger partial charge on any atom is -0.356 e. The number of hydrogen-bond donors (Lipinski definition) is 0. The van der Waals surface area contributed by atoms with E-state index < -0.39 is 25.4 Å². The Hall–Kier alpha value is -2.60. The Kier molecular flexibility index (Phi) is 70.3. The molecule has 0 unspecified atom stereocenters. The molecule has 0 aliphatic heterocycles. The summed E-state index contributed by atoms with van der Waals surface area (Å²) in [5, 5.41) is 73.8. The van der Waals surface area contributed by atoms with Crippen LogP contribution < -0.4 is 0 Å². The van der Waals surface area contributed by atoms with Gasteiger partial charge in [-0.3, -0.25) is 0 Å². The van der Waals surface area contributed by atoms with Crippen LogP contribution in [0.3, 0.4) is 0 Å². The molecule has 0 aromatic heterocycles. The first-order chi connectivity index (χ1) is 8.66. The van der Waals surface area contributed by atoms with E-state index >= 15 is 0 Å². The zero-order valence-electron chi connectivity index (χ0n) is 9.11. The molecule has 0 aromatic carbocycles. The van der Waals surface area contributed by atoms with E-state index in [0.29, 0.717) is 0 Å². The van der Waals surface area contributed by atoms with Crippen LogP contribution in [0.5, 0.6) is 0 Å². The average Bonchev–Trinajstić information content (AvgIpc) is 1.94. The van der Waals surface area contributed by atoms with Crippen molar-refractivity contribution in [3.05, 3.63) is 76.6 Å². The molecule has 0 saturated carbocycles. The van der Waals surface area contributed by atoms with Crippen molar-refractivity contribution in [2.45, 2.75) is 0 Å². The third-order valence-electron chi connectivity index (χ3n) is 0. The van der Waals surface area contributed by atoms with Crippen LogP contribution in [0.4, 0.5) is 0 Å². The molecule has 0 rings (SSSR count). The normalized spacial score (nSPS) is 5.45. The van der Waals surface area contributed by atoms with Crippen molar-refractivity contribution >= 4 is 26.2 Å². The van der Waals surface area contributed by atoms with Gasteiger partial charge in [0.25, 0.3) is 0 Å². The van der Waals surface area contributed by atoms with Gasteiger partial charge in [0.15, 0.2) is 0 Å². The van der Waals surface area contributed by atoms with Crippen molar-refractivity contribution in [2.75, 3.05) is 0 Å². The summed E-state index contributed by atoms with van der Waals surface area (Å²) in [6.45, 7) is 0. The van der Waals surface area contributed by atoms with Crippen LogP contribution in [0.1, 0.15) is 0 Å². The van der Waals surface area contributed by atoms with Crippen LogP contribution in [-0.2, 0) is 17.1 Å². The molecule has 131 valence electrons. The summed E-state index contributed by atoms with van der Waals surface area (Å²) in [5.41, 5.74) is 0. The molecule has 0 atom stereocenters. The molecule has 20 nitrogen and oxygen atoms in total. The molecular formula is BiCuN5O15. The van der Waals surface area contributed by atoms with Crippen molar-refractivity contribution in [3.63, 3.8) is 0 Å². The minimum absolute atomic E-state index is 0. The number of rotatable bonds is 0. The fourth-order valence-corrected chi connectivity index (χ4v) is 0. The predicted octanol–water partition coefficient (Wildman–Crippen LogP) is -1.58. The second-order valence-corrected chi connectivity index (χ2v) is 1.12. The maximum absolute atomic E-state index is 8.25. The summed E-state index contributed by atoms with van der Waals surface area (Å²) in [6, 6.07) is 0. The van der Waals surface area contributed by atoms with Crippen LogP contribution in [0.25, 0.3) is 0 Å². The van der Waals surface area contributed by atoms with Gasteiger partial charge in [-0.05, 0) is 0 Å². The van der Waals surface area contributed by atoms with Gasteiger partial charge in [0, 0.05) is 0 Å². The van der Waals surface area contributed by atoms with Crippen LogP contribution in [0.2, 0.25) is 0 Å². The van der Waals surface area contributed by atoms with Crippen LogP contribution in [0, 0.1) is 76.6 Å². The Morgan fingerprint density at radius 3 is 0.364 bits per heavy atom. The van der Waals surface area contributed by atoms with Gasteiger partial charge in [0.2, 0.25) is 0 Å². The summed E-state index contributed by atoms with van der Waals surface area (Å²) in [7, 11) is 0. The first-order valence-corrected chi connectivity index (χ1v) is 2.74. The van der Waals surface area contributed by atoms with Crippen LogP contribution in [-0.4, -0.2) is 51.6 Å². The second kappa shape index (κ2) is 36.2. The Morgan fingerprint density at radius 1 is 0.364 bits per heavy atom. The van der Waals surface area contributed by atoms with Gasteiger partial charge in [-0.2, -0.15) is 0 Å². The quantitative estimate of drug-likeness (QED) is 0.177. The fraction of sp³-hybridized carbons (Fsp3) is 0. The summed E-state index contributed by atoms with van der Waals surface area (Å²) >= 11 is 0. The van der Waals surface area contributed by atoms with Gasteiger partial charge in [-0.15, -0.1) is 0 Å². The van der Waals surface area contributed by atoms with Gasteiger partial charge >= 0.3 is 43.3 Å². The predicted molar refractivity (Wildman–Crippen MR) is 57.6 cm³/mol. The Labute approximate surface area is 145 Å². The molecule has 0 aromatic rings. The maximum Gasteiger partial charge on any atom is 3.00 e. The van der Waals surface area contributed by atoms with Crippen LogP contribution in [0.15, 0.2) is 0 Å². The fourth-order valence-electron chi connectivity index (χ4n) is 0. The zero-order chi connectivity index (χ0) is 17.9. The van der Waals surface area contributed by atoms with Crippen molar-refractivity contribution in [1.82, 2.24) is 0 Å². The molecule has 22 heavy (non-hydrogen) atoms. The van der Waals surface area contributed by atoms with Gasteiger partial charge in [0.1, 0.15) is 0 Å². The van der Waals surface area contributed by atoms with Gasteiger partial charge < -0.3 is 76.6 Å². The number of nitrogens with zero attached hydrogens (tertiary/aromatic N) is 5. The Balaban J connectivity index is -0.0000000250. The SMILES string of the molecule is O=[N+]([O-])[O-].O=[N+]([O-])[O-].O=[N+]([O-])[O-].O=[N+]([O-])[O-].O=[N+]([O-])[O-].[Bi+3].[Cu+2]. The largest absolute Gasteiger partial charge is 3.00 e. The van der Waals surface area contributed by atoms with Crippen molar-refractivity contribution in [2.24, 2.45) is 0 Å². The van der Waals surface area contributed by atoms with E-state index in [0.717, 1.165) is 0 Å². The topological polar surface area (TPSA) is 331 Å². The molecule has 22 heteroatoms. The van der Waals surface area contributed by atoms with E-state index in [1.807, 2.05) is 0 Å². The molecule has 0 heterocycles. The molecule has 0 spiro atoms. The minimum atomic E-state index is -1.75. The molecule has 0 aliphatic rings. The third kappa shape index (κ3) is 694. The summed E-state index contributed by atoms with van der Waals surface area (Å²) in [5.74, 6) is 0. The van der Waals surface area contributed by atoms with Crippen molar-refractivity contribution in [1.29, 1.82) is 0 Å². The molecule has 3 radical (unpaired) electrons. The number of hydrogen-bond acceptors (Lipinski definition) is 15. The van der Waals surface area contributed by atoms with Gasteiger partial charge in [-0.25, -0.2) is 0 Å². The van der Waals surface area contributed by atoms with Gasteiger partial charge in [-0.1, -0.05) is 0 Å². The van der Waals surface area contributed by atoms with E-state index in [4.69, 9.17) is 76.6 Å². The van der Waals surface area contributed by atoms with Crippen LogP contribution >= 0.6 is 0 Å². The summed E-state index contributed by atoms with van der Waals surface area (Å²) in [4.78, 5) is 41.2. The van der Waals surface area contributed by atoms with E-state index in [1.165, 1.54) is 0 Å². The Morgan fingerprint density at radius 2 is 0.364 bits per heavy atom.